The van der Waals surface area contributed by atoms with Crippen LogP contribution in [0.5, 0.6) is 11.5 Å². The standard InChI is InChI=1S/C14H13BrN4O/c1-2-5-19-9-11(8-18-19)20-13-3-4-16-12-6-10(15)7-17-14(12)13/h3-4,6-9H,2,5H2,1H3. The normalized spacial score (nSPS) is 10.9. The quantitative estimate of drug-likeness (QED) is 0.729. The zero-order chi connectivity index (χ0) is 13.9. The monoisotopic (exact) mass is 332 g/mol. The third-order valence-corrected chi connectivity index (χ3v) is 3.23. The van der Waals surface area contributed by atoms with Crippen molar-refractivity contribution in [1.82, 2.24) is 19.7 Å². The first-order valence-electron chi connectivity index (χ1n) is 6.37. The molecule has 6 heteroatoms. The van der Waals surface area contributed by atoms with Gasteiger partial charge in [0.2, 0.25) is 0 Å². The van der Waals surface area contributed by atoms with Crippen LogP contribution in [0.15, 0.2) is 41.4 Å². The topological polar surface area (TPSA) is 52.8 Å². The summed E-state index contributed by atoms with van der Waals surface area (Å²) in [6.45, 7) is 2.99. The third-order valence-electron chi connectivity index (χ3n) is 2.80. The molecular formula is C14H13BrN4O. The van der Waals surface area contributed by atoms with Crippen LogP contribution < -0.4 is 4.74 Å². The van der Waals surface area contributed by atoms with E-state index < -0.39 is 0 Å². The van der Waals surface area contributed by atoms with Gasteiger partial charge in [-0.1, -0.05) is 6.92 Å². The minimum absolute atomic E-state index is 0.679. The van der Waals surface area contributed by atoms with E-state index in [-0.39, 0.29) is 0 Å². The first kappa shape index (κ1) is 13.1. The number of fused-ring (bicyclic) bond motifs is 1. The number of pyridine rings is 2. The van der Waals surface area contributed by atoms with Gasteiger partial charge in [0, 0.05) is 29.5 Å². The second kappa shape index (κ2) is 5.58. The summed E-state index contributed by atoms with van der Waals surface area (Å²) in [4.78, 5) is 8.64. The van der Waals surface area contributed by atoms with Crippen LogP contribution in [-0.4, -0.2) is 19.7 Å². The summed E-state index contributed by atoms with van der Waals surface area (Å²) < 4.78 is 8.62. The van der Waals surface area contributed by atoms with Crippen LogP contribution >= 0.6 is 15.9 Å². The average Bonchev–Trinajstić information content (AvgIpc) is 2.86. The molecule has 0 saturated carbocycles. The Hall–Kier alpha value is -1.95. The fourth-order valence-corrected chi connectivity index (χ4v) is 2.26. The number of rotatable bonds is 4. The minimum atomic E-state index is 0.679. The molecule has 0 unspecified atom stereocenters. The summed E-state index contributed by atoms with van der Waals surface area (Å²) in [6.07, 6.45) is 8.07. The van der Waals surface area contributed by atoms with Crippen molar-refractivity contribution < 1.29 is 4.74 Å². The molecule has 0 amide bonds. The molecule has 102 valence electrons. The van der Waals surface area contributed by atoms with Gasteiger partial charge in [0.1, 0.15) is 5.52 Å². The fraction of sp³-hybridized carbons (Fsp3) is 0.214. The Morgan fingerprint density at radius 1 is 1.30 bits per heavy atom. The second-order valence-corrected chi connectivity index (χ2v) is 5.29. The molecule has 0 atom stereocenters. The lowest BCUT2D eigenvalue weighted by molar-refractivity contribution is 0.484. The van der Waals surface area contributed by atoms with Crippen LogP contribution in [0.25, 0.3) is 11.0 Å². The van der Waals surface area contributed by atoms with Gasteiger partial charge in [-0.15, -0.1) is 0 Å². The molecule has 0 spiro atoms. The Bertz CT molecular complexity index is 741. The van der Waals surface area contributed by atoms with Crippen LogP contribution in [0.4, 0.5) is 0 Å². The predicted octanol–water partition coefficient (Wildman–Crippen LogP) is 3.79. The molecule has 3 aromatic heterocycles. The lowest BCUT2D eigenvalue weighted by Crippen LogP contribution is -1.95. The number of nitrogens with zero attached hydrogens (tertiary/aromatic N) is 4. The number of hydrogen-bond donors (Lipinski definition) is 0. The fourth-order valence-electron chi connectivity index (χ4n) is 1.94. The molecule has 5 nitrogen and oxygen atoms in total. The van der Waals surface area contributed by atoms with Crippen molar-refractivity contribution in [3.05, 3.63) is 41.4 Å². The summed E-state index contributed by atoms with van der Waals surface area (Å²) in [7, 11) is 0. The van der Waals surface area contributed by atoms with Gasteiger partial charge in [-0.2, -0.15) is 5.10 Å². The summed E-state index contributed by atoms with van der Waals surface area (Å²) in [5, 5.41) is 4.24. The molecule has 0 saturated heterocycles. The highest BCUT2D eigenvalue weighted by Gasteiger charge is 2.07. The highest BCUT2D eigenvalue weighted by atomic mass is 79.9. The minimum Gasteiger partial charge on any atom is -0.452 e. The molecule has 0 aliphatic carbocycles. The number of aryl methyl sites for hydroxylation is 1. The van der Waals surface area contributed by atoms with Gasteiger partial charge in [0.25, 0.3) is 0 Å². The molecule has 0 radical (unpaired) electrons. The Kier molecular flexibility index (Phi) is 3.64. The number of hydrogen-bond acceptors (Lipinski definition) is 4. The lowest BCUT2D eigenvalue weighted by Gasteiger charge is -2.05. The van der Waals surface area contributed by atoms with E-state index in [0.29, 0.717) is 11.5 Å². The van der Waals surface area contributed by atoms with Gasteiger partial charge in [-0.25, -0.2) is 4.98 Å². The lowest BCUT2D eigenvalue weighted by atomic mass is 10.3. The Labute approximate surface area is 124 Å². The zero-order valence-corrected chi connectivity index (χ0v) is 12.5. The maximum Gasteiger partial charge on any atom is 0.165 e. The maximum absolute atomic E-state index is 5.86. The van der Waals surface area contributed by atoms with Crippen molar-refractivity contribution >= 4 is 27.0 Å². The molecule has 0 bridgehead atoms. The SMILES string of the molecule is CCCn1cc(Oc2ccnc3cc(Br)cnc23)cn1. The summed E-state index contributed by atoms with van der Waals surface area (Å²) >= 11 is 3.39. The third kappa shape index (κ3) is 2.65. The van der Waals surface area contributed by atoms with Gasteiger partial charge in [0.15, 0.2) is 11.5 Å². The van der Waals surface area contributed by atoms with Crippen LogP contribution in [0, 0.1) is 0 Å². The molecule has 0 aliphatic heterocycles. The average molecular weight is 333 g/mol. The molecule has 0 aliphatic rings. The Balaban J connectivity index is 1.93. The van der Waals surface area contributed by atoms with Crippen LogP contribution in [-0.2, 0) is 6.54 Å². The number of ether oxygens (including phenoxy) is 1. The second-order valence-electron chi connectivity index (χ2n) is 4.37. The van der Waals surface area contributed by atoms with Crippen molar-refractivity contribution in [2.24, 2.45) is 0 Å². The van der Waals surface area contributed by atoms with Gasteiger partial charge in [0.05, 0.1) is 17.9 Å². The smallest absolute Gasteiger partial charge is 0.165 e. The summed E-state index contributed by atoms with van der Waals surface area (Å²) in [5.74, 6) is 1.38. The van der Waals surface area contributed by atoms with E-state index in [9.17, 15) is 0 Å². The molecule has 20 heavy (non-hydrogen) atoms. The van der Waals surface area contributed by atoms with E-state index in [2.05, 4.69) is 37.9 Å². The molecule has 0 N–H and O–H groups in total. The number of halogens is 1. The van der Waals surface area contributed by atoms with Crippen LogP contribution in [0.2, 0.25) is 0 Å². The zero-order valence-electron chi connectivity index (χ0n) is 11.0. The largest absolute Gasteiger partial charge is 0.452 e. The van der Waals surface area contributed by atoms with Crippen molar-refractivity contribution in [2.45, 2.75) is 19.9 Å². The van der Waals surface area contributed by atoms with E-state index in [4.69, 9.17) is 4.74 Å². The summed E-state index contributed by atoms with van der Waals surface area (Å²) in [5.41, 5.74) is 1.52. The van der Waals surface area contributed by atoms with Gasteiger partial charge in [-0.05, 0) is 28.4 Å². The Morgan fingerprint density at radius 3 is 3.05 bits per heavy atom. The van der Waals surface area contributed by atoms with Crippen molar-refractivity contribution in [3.63, 3.8) is 0 Å². The highest BCUT2D eigenvalue weighted by Crippen LogP contribution is 2.28. The molecular weight excluding hydrogens is 320 g/mol. The van der Waals surface area contributed by atoms with E-state index in [1.54, 1.807) is 24.7 Å². The van der Waals surface area contributed by atoms with Crippen LogP contribution in [0.1, 0.15) is 13.3 Å². The van der Waals surface area contributed by atoms with Gasteiger partial charge in [-0.3, -0.25) is 9.67 Å². The molecule has 3 aromatic rings. The van der Waals surface area contributed by atoms with E-state index in [1.165, 1.54) is 0 Å². The molecule has 3 heterocycles. The Morgan fingerprint density at radius 2 is 2.20 bits per heavy atom. The predicted molar refractivity (Wildman–Crippen MR) is 79.8 cm³/mol. The van der Waals surface area contributed by atoms with Crippen molar-refractivity contribution in [1.29, 1.82) is 0 Å². The van der Waals surface area contributed by atoms with E-state index in [0.717, 1.165) is 28.5 Å². The molecule has 0 fully saturated rings. The molecule has 0 aromatic carbocycles. The van der Waals surface area contributed by atoms with Gasteiger partial charge >= 0.3 is 0 Å². The van der Waals surface area contributed by atoms with E-state index in [1.807, 2.05) is 16.9 Å². The van der Waals surface area contributed by atoms with Crippen molar-refractivity contribution in [3.8, 4) is 11.5 Å². The van der Waals surface area contributed by atoms with E-state index >= 15 is 0 Å². The van der Waals surface area contributed by atoms with Gasteiger partial charge < -0.3 is 4.74 Å². The summed E-state index contributed by atoms with van der Waals surface area (Å²) in [6, 6.07) is 3.72. The first-order valence-corrected chi connectivity index (χ1v) is 7.16. The maximum atomic E-state index is 5.86. The first-order chi connectivity index (χ1) is 9.76. The number of aromatic nitrogens is 4. The van der Waals surface area contributed by atoms with Crippen LogP contribution in [0.3, 0.4) is 0 Å². The van der Waals surface area contributed by atoms with Crippen molar-refractivity contribution in [2.75, 3.05) is 0 Å². The molecule has 3 rings (SSSR count). The highest BCUT2D eigenvalue weighted by molar-refractivity contribution is 9.10.